The molecule has 4 rings (SSSR count). The molecular weight excluding hydrogens is 315 g/mol. The third-order valence-corrected chi connectivity index (χ3v) is 5.21. The Morgan fingerprint density at radius 3 is 1.79 bits per heavy atom. The highest BCUT2D eigenvalue weighted by atomic mass is 32.1. The van der Waals surface area contributed by atoms with Gasteiger partial charge in [-0.15, -0.1) is 11.3 Å². The van der Waals surface area contributed by atoms with Crippen LogP contribution in [0.1, 0.15) is 0 Å². The molecule has 2 heteroatoms. The maximum absolute atomic E-state index is 13.3. The van der Waals surface area contributed by atoms with Crippen LogP contribution in [-0.4, -0.2) is 0 Å². The van der Waals surface area contributed by atoms with E-state index in [1.807, 2.05) is 36.4 Å². The van der Waals surface area contributed by atoms with Gasteiger partial charge in [-0.1, -0.05) is 72.8 Å². The van der Waals surface area contributed by atoms with Gasteiger partial charge < -0.3 is 0 Å². The van der Waals surface area contributed by atoms with Crippen LogP contribution >= 0.6 is 11.3 Å². The van der Waals surface area contributed by atoms with Crippen molar-refractivity contribution in [2.45, 2.75) is 0 Å². The van der Waals surface area contributed by atoms with Crippen molar-refractivity contribution in [1.82, 2.24) is 0 Å². The molecule has 0 saturated carbocycles. The lowest BCUT2D eigenvalue weighted by molar-refractivity contribution is 0.628. The molecule has 0 aliphatic carbocycles. The largest absolute Gasteiger partial charge is 0.207 e. The topological polar surface area (TPSA) is 0 Å². The molecule has 0 bridgehead atoms. The first-order valence-electron chi connectivity index (χ1n) is 7.82. The van der Waals surface area contributed by atoms with Crippen LogP contribution in [-0.2, 0) is 0 Å². The lowest BCUT2D eigenvalue weighted by Crippen LogP contribution is -1.79. The van der Waals surface area contributed by atoms with Gasteiger partial charge in [-0.05, 0) is 34.9 Å². The van der Waals surface area contributed by atoms with Gasteiger partial charge in [-0.25, -0.2) is 4.39 Å². The molecule has 4 aromatic rings. The average Bonchev–Trinajstić information content (AvgIpc) is 3.09. The van der Waals surface area contributed by atoms with Crippen molar-refractivity contribution in [3.8, 4) is 32.0 Å². The molecule has 0 unspecified atom stereocenters. The van der Waals surface area contributed by atoms with Gasteiger partial charge in [0.15, 0.2) is 0 Å². The summed E-state index contributed by atoms with van der Waals surface area (Å²) >= 11 is 1.74. The van der Waals surface area contributed by atoms with Crippen molar-refractivity contribution in [2.24, 2.45) is 0 Å². The van der Waals surface area contributed by atoms with Crippen LogP contribution in [0.3, 0.4) is 0 Å². The monoisotopic (exact) mass is 330 g/mol. The highest BCUT2D eigenvalue weighted by Gasteiger charge is 2.14. The van der Waals surface area contributed by atoms with E-state index >= 15 is 0 Å². The van der Waals surface area contributed by atoms with Gasteiger partial charge in [0.25, 0.3) is 0 Å². The molecule has 0 radical (unpaired) electrons. The predicted molar refractivity (Wildman–Crippen MR) is 101 cm³/mol. The first kappa shape index (κ1) is 14.9. The minimum absolute atomic E-state index is 0.208. The van der Waals surface area contributed by atoms with Gasteiger partial charge in [0.2, 0.25) is 0 Å². The minimum Gasteiger partial charge on any atom is -0.207 e. The van der Waals surface area contributed by atoms with E-state index in [1.54, 1.807) is 11.3 Å². The number of benzene rings is 3. The summed E-state index contributed by atoms with van der Waals surface area (Å²) in [7, 11) is 0. The van der Waals surface area contributed by atoms with Crippen LogP contribution in [0, 0.1) is 5.82 Å². The normalized spacial score (nSPS) is 10.7. The molecule has 0 N–H and O–H groups in total. The summed E-state index contributed by atoms with van der Waals surface area (Å²) in [5.41, 5.74) is 4.61. The van der Waals surface area contributed by atoms with Crippen LogP contribution in [0.5, 0.6) is 0 Å². The Labute approximate surface area is 144 Å². The van der Waals surface area contributed by atoms with Gasteiger partial charge in [-0.3, -0.25) is 0 Å². The highest BCUT2D eigenvalue weighted by Crippen LogP contribution is 2.43. The summed E-state index contributed by atoms with van der Waals surface area (Å²) in [5.74, 6) is -0.208. The summed E-state index contributed by atoms with van der Waals surface area (Å²) < 4.78 is 13.3. The first-order valence-corrected chi connectivity index (χ1v) is 8.63. The fourth-order valence-corrected chi connectivity index (χ4v) is 3.97. The maximum atomic E-state index is 13.3. The molecule has 0 saturated heterocycles. The van der Waals surface area contributed by atoms with E-state index in [0.717, 1.165) is 5.56 Å². The molecule has 1 heterocycles. The molecule has 0 fully saturated rings. The van der Waals surface area contributed by atoms with Crippen LogP contribution < -0.4 is 0 Å². The van der Waals surface area contributed by atoms with E-state index in [1.165, 1.54) is 38.6 Å². The van der Waals surface area contributed by atoms with E-state index in [9.17, 15) is 4.39 Å². The Morgan fingerprint density at radius 1 is 0.583 bits per heavy atom. The number of rotatable bonds is 3. The van der Waals surface area contributed by atoms with E-state index in [0.29, 0.717) is 0 Å². The third-order valence-electron chi connectivity index (χ3n) is 3.98. The van der Waals surface area contributed by atoms with Gasteiger partial charge in [0.05, 0.1) is 0 Å². The molecule has 0 aliphatic rings. The third kappa shape index (κ3) is 2.89. The first-order chi connectivity index (χ1) is 11.8. The van der Waals surface area contributed by atoms with E-state index < -0.39 is 0 Å². The summed E-state index contributed by atoms with van der Waals surface area (Å²) in [5, 5.41) is 0. The van der Waals surface area contributed by atoms with Crippen LogP contribution in [0.15, 0.2) is 91.0 Å². The molecule has 0 aliphatic heterocycles. The highest BCUT2D eigenvalue weighted by molar-refractivity contribution is 7.19. The fraction of sp³-hybridized carbons (Fsp3) is 0. The summed E-state index contributed by atoms with van der Waals surface area (Å²) in [6, 6.07) is 29.7. The zero-order valence-electron chi connectivity index (χ0n) is 12.9. The summed E-state index contributed by atoms with van der Waals surface area (Å²) in [4.78, 5) is 2.38. The van der Waals surface area contributed by atoms with Crippen LogP contribution in [0.2, 0.25) is 0 Å². The fourth-order valence-electron chi connectivity index (χ4n) is 2.78. The van der Waals surface area contributed by atoms with Crippen LogP contribution in [0.4, 0.5) is 4.39 Å². The molecule has 0 atom stereocenters. The average molecular weight is 330 g/mol. The maximum Gasteiger partial charge on any atom is 0.123 e. The molecule has 0 nitrogen and oxygen atoms in total. The molecule has 116 valence electrons. The molecular formula is C22H15FS. The molecule has 1 aromatic heterocycles. The van der Waals surface area contributed by atoms with E-state index in [2.05, 4.69) is 42.5 Å². The quantitative estimate of drug-likeness (QED) is 0.384. The standard InChI is InChI=1S/C22H15FS/c23-19-13-11-18(12-14-19)22-20(16-7-3-1-4-8-16)15-21(24-22)17-9-5-2-6-10-17/h1-15H. The van der Waals surface area contributed by atoms with Crippen molar-refractivity contribution in [3.63, 3.8) is 0 Å². The molecule has 0 amide bonds. The van der Waals surface area contributed by atoms with Crippen molar-refractivity contribution in [3.05, 3.63) is 96.8 Å². The molecule has 24 heavy (non-hydrogen) atoms. The Bertz CT molecular complexity index is 938. The summed E-state index contributed by atoms with van der Waals surface area (Å²) in [6.07, 6.45) is 0. The second-order valence-corrected chi connectivity index (χ2v) is 6.64. The zero-order valence-corrected chi connectivity index (χ0v) is 13.8. The predicted octanol–water partition coefficient (Wildman–Crippen LogP) is 6.89. The van der Waals surface area contributed by atoms with Crippen molar-refractivity contribution >= 4 is 11.3 Å². The van der Waals surface area contributed by atoms with E-state index in [4.69, 9.17) is 0 Å². The Kier molecular flexibility index (Phi) is 3.97. The van der Waals surface area contributed by atoms with Gasteiger partial charge in [0, 0.05) is 15.3 Å². The smallest absolute Gasteiger partial charge is 0.123 e. The van der Waals surface area contributed by atoms with Crippen molar-refractivity contribution in [1.29, 1.82) is 0 Å². The Hall–Kier alpha value is -2.71. The minimum atomic E-state index is -0.208. The lowest BCUT2D eigenvalue weighted by atomic mass is 10.0. The van der Waals surface area contributed by atoms with Crippen molar-refractivity contribution < 1.29 is 4.39 Å². The Balaban J connectivity index is 1.90. The lowest BCUT2D eigenvalue weighted by Gasteiger charge is -2.04. The number of halogens is 1. The molecule has 3 aromatic carbocycles. The number of hydrogen-bond acceptors (Lipinski definition) is 1. The second-order valence-electron chi connectivity index (χ2n) is 5.59. The zero-order chi connectivity index (χ0) is 16.4. The summed E-state index contributed by atoms with van der Waals surface area (Å²) in [6.45, 7) is 0. The second kappa shape index (κ2) is 6.42. The molecule has 0 spiro atoms. The van der Waals surface area contributed by atoms with Crippen LogP contribution in [0.25, 0.3) is 32.0 Å². The number of thiophene rings is 1. The van der Waals surface area contributed by atoms with Crippen molar-refractivity contribution in [2.75, 3.05) is 0 Å². The van der Waals surface area contributed by atoms with Gasteiger partial charge in [-0.2, -0.15) is 0 Å². The van der Waals surface area contributed by atoms with Gasteiger partial charge >= 0.3 is 0 Å². The number of hydrogen-bond donors (Lipinski definition) is 0. The van der Waals surface area contributed by atoms with Gasteiger partial charge in [0.1, 0.15) is 5.82 Å². The van der Waals surface area contributed by atoms with E-state index in [-0.39, 0.29) is 5.82 Å². The SMILES string of the molecule is Fc1ccc(-c2sc(-c3ccccc3)cc2-c2ccccc2)cc1. The Morgan fingerprint density at radius 2 is 1.17 bits per heavy atom.